The van der Waals surface area contributed by atoms with Gasteiger partial charge in [-0.25, -0.2) is 4.99 Å². The van der Waals surface area contributed by atoms with Gasteiger partial charge in [-0.1, -0.05) is 95.2 Å². The van der Waals surface area contributed by atoms with Crippen LogP contribution in [0.3, 0.4) is 0 Å². The summed E-state index contributed by atoms with van der Waals surface area (Å²) in [6, 6.07) is 23.8. The monoisotopic (exact) mass is 488 g/mol. The molecule has 6 rings (SSSR count). The third kappa shape index (κ3) is 3.50. The smallest absolute Gasteiger partial charge is 0.271 e. The van der Waals surface area contributed by atoms with E-state index in [1.165, 1.54) is 22.5 Å². The first-order chi connectivity index (χ1) is 16.1. The lowest BCUT2D eigenvalue weighted by Gasteiger charge is -2.30. The Morgan fingerprint density at radius 3 is 2.58 bits per heavy atom. The van der Waals surface area contributed by atoms with Gasteiger partial charge in [0.1, 0.15) is 0 Å². The van der Waals surface area contributed by atoms with Crippen LogP contribution in [-0.2, 0) is 6.42 Å². The minimum Gasteiger partial charge on any atom is -0.272 e. The normalized spacial score (nSPS) is 17.3. The van der Waals surface area contributed by atoms with Gasteiger partial charge in [0, 0.05) is 15.6 Å². The summed E-state index contributed by atoms with van der Waals surface area (Å²) in [7, 11) is 0. The number of allylic oxidation sites excluding steroid dienone is 1. The SMILES string of the molecule is O=c1/c(=C/c2ccc(Cl)cc2Cl)sc2n1[C@@H](c1ccccc1)C1=C(N=2)c2ccccc2CC1. The second-order valence-corrected chi connectivity index (χ2v) is 10.0. The van der Waals surface area contributed by atoms with E-state index in [0.717, 1.165) is 35.2 Å². The summed E-state index contributed by atoms with van der Waals surface area (Å²) in [6.45, 7) is 0. The average molecular weight is 489 g/mol. The van der Waals surface area contributed by atoms with Gasteiger partial charge in [-0.05, 0) is 53.3 Å². The Hall–Kier alpha value is -2.92. The van der Waals surface area contributed by atoms with Gasteiger partial charge >= 0.3 is 0 Å². The van der Waals surface area contributed by atoms with Crippen molar-refractivity contribution in [1.29, 1.82) is 0 Å². The number of rotatable bonds is 2. The molecule has 162 valence electrons. The number of hydrogen-bond acceptors (Lipinski definition) is 3. The maximum Gasteiger partial charge on any atom is 0.271 e. The van der Waals surface area contributed by atoms with E-state index in [4.69, 9.17) is 28.2 Å². The van der Waals surface area contributed by atoms with Gasteiger partial charge in [-0.2, -0.15) is 0 Å². The summed E-state index contributed by atoms with van der Waals surface area (Å²) in [5.74, 6) is 0. The molecular formula is C27H18Cl2N2OS. The molecule has 0 saturated carbocycles. The maximum absolute atomic E-state index is 13.7. The minimum absolute atomic E-state index is 0.0518. The molecule has 1 aromatic heterocycles. The van der Waals surface area contributed by atoms with Crippen molar-refractivity contribution < 1.29 is 0 Å². The van der Waals surface area contributed by atoms with Crippen LogP contribution in [0, 0.1) is 0 Å². The van der Waals surface area contributed by atoms with E-state index in [0.29, 0.717) is 19.4 Å². The number of hydrogen-bond donors (Lipinski definition) is 0. The highest BCUT2D eigenvalue weighted by Crippen LogP contribution is 2.41. The third-order valence-electron chi connectivity index (χ3n) is 6.24. The Balaban J connectivity index is 1.63. The van der Waals surface area contributed by atoms with Gasteiger partial charge in [0.15, 0.2) is 4.80 Å². The van der Waals surface area contributed by atoms with Gasteiger partial charge in [0.05, 0.1) is 16.3 Å². The second kappa shape index (κ2) is 8.14. The molecule has 0 N–H and O–H groups in total. The highest BCUT2D eigenvalue weighted by Gasteiger charge is 2.32. The maximum atomic E-state index is 13.7. The van der Waals surface area contributed by atoms with Crippen LogP contribution in [0.2, 0.25) is 10.0 Å². The topological polar surface area (TPSA) is 34.4 Å². The molecule has 1 aliphatic carbocycles. The zero-order valence-electron chi connectivity index (χ0n) is 17.5. The van der Waals surface area contributed by atoms with Crippen LogP contribution >= 0.6 is 34.5 Å². The van der Waals surface area contributed by atoms with Crippen molar-refractivity contribution in [1.82, 2.24) is 4.57 Å². The van der Waals surface area contributed by atoms with Crippen LogP contribution in [0.4, 0.5) is 0 Å². The zero-order chi connectivity index (χ0) is 22.5. The lowest BCUT2D eigenvalue weighted by Crippen LogP contribution is -2.38. The summed E-state index contributed by atoms with van der Waals surface area (Å²) < 4.78 is 2.45. The number of benzene rings is 3. The van der Waals surface area contributed by atoms with E-state index in [2.05, 4.69) is 36.4 Å². The van der Waals surface area contributed by atoms with Crippen molar-refractivity contribution in [3.63, 3.8) is 0 Å². The molecular weight excluding hydrogens is 471 g/mol. The Bertz CT molecular complexity index is 1620. The molecule has 1 aliphatic heterocycles. The molecule has 2 heterocycles. The van der Waals surface area contributed by atoms with Crippen molar-refractivity contribution >= 4 is 46.3 Å². The van der Waals surface area contributed by atoms with Crippen LogP contribution in [0.15, 0.2) is 88.2 Å². The van der Waals surface area contributed by atoms with E-state index in [9.17, 15) is 4.79 Å². The molecule has 0 spiro atoms. The fourth-order valence-electron chi connectivity index (χ4n) is 4.72. The Morgan fingerprint density at radius 1 is 0.970 bits per heavy atom. The molecule has 0 unspecified atom stereocenters. The summed E-state index contributed by atoms with van der Waals surface area (Å²) in [5, 5.41) is 1.08. The Labute approximate surface area is 204 Å². The number of aromatic nitrogens is 1. The summed E-state index contributed by atoms with van der Waals surface area (Å²) in [6.07, 6.45) is 3.65. The first kappa shape index (κ1) is 20.7. The van der Waals surface area contributed by atoms with Gasteiger partial charge in [-0.15, -0.1) is 0 Å². The van der Waals surface area contributed by atoms with Crippen LogP contribution in [-0.4, -0.2) is 4.57 Å². The van der Waals surface area contributed by atoms with Crippen molar-refractivity contribution in [3.8, 4) is 0 Å². The van der Waals surface area contributed by atoms with Gasteiger partial charge in [0.2, 0.25) is 0 Å². The van der Waals surface area contributed by atoms with Crippen molar-refractivity contribution in [2.75, 3.05) is 0 Å². The van der Waals surface area contributed by atoms with Crippen molar-refractivity contribution in [3.05, 3.63) is 130 Å². The van der Waals surface area contributed by atoms with Crippen LogP contribution in [0.25, 0.3) is 11.8 Å². The molecule has 3 aromatic carbocycles. The molecule has 33 heavy (non-hydrogen) atoms. The fraction of sp³-hybridized carbons (Fsp3) is 0.111. The molecule has 3 nitrogen and oxygen atoms in total. The van der Waals surface area contributed by atoms with Gasteiger partial charge in [-0.3, -0.25) is 9.36 Å². The highest BCUT2D eigenvalue weighted by molar-refractivity contribution is 7.07. The lowest BCUT2D eigenvalue weighted by molar-refractivity contribution is 0.585. The Morgan fingerprint density at radius 2 is 1.76 bits per heavy atom. The molecule has 0 amide bonds. The lowest BCUT2D eigenvalue weighted by atomic mass is 9.83. The summed E-state index contributed by atoms with van der Waals surface area (Å²) >= 11 is 13.8. The van der Waals surface area contributed by atoms with E-state index in [1.807, 2.05) is 34.9 Å². The fourth-order valence-corrected chi connectivity index (χ4v) is 6.17. The minimum atomic E-state index is -0.173. The molecule has 0 bridgehead atoms. The largest absolute Gasteiger partial charge is 0.272 e. The molecule has 2 aliphatic rings. The quantitative estimate of drug-likeness (QED) is 0.360. The summed E-state index contributed by atoms with van der Waals surface area (Å²) in [4.78, 5) is 19.4. The first-order valence-electron chi connectivity index (χ1n) is 10.7. The zero-order valence-corrected chi connectivity index (χ0v) is 19.8. The van der Waals surface area contributed by atoms with Crippen LogP contribution < -0.4 is 14.9 Å². The molecule has 6 heteroatoms. The highest BCUT2D eigenvalue weighted by atomic mass is 35.5. The molecule has 4 aromatic rings. The van der Waals surface area contributed by atoms with Crippen LogP contribution in [0.1, 0.15) is 34.7 Å². The van der Waals surface area contributed by atoms with Crippen LogP contribution in [0.5, 0.6) is 0 Å². The predicted molar refractivity (Wildman–Crippen MR) is 136 cm³/mol. The molecule has 0 fully saturated rings. The molecule has 1 atom stereocenters. The van der Waals surface area contributed by atoms with E-state index < -0.39 is 0 Å². The van der Waals surface area contributed by atoms with E-state index >= 15 is 0 Å². The van der Waals surface area contributed by atoms with Gasteiger partial charge in [0.25, 0.3) is 5.56 Å². The number of fused-ring (bicyclic) bond motifs is 3. The molecule has 0 saturated heterocycles. The third-order valence-corrected chi connectivity index (χ3v) is 7.78. The number of aryl methyl sites for hydroxylation is 1. The number of nitrogens with zero attached hydrogens (tertiary/aromatic N) is 2. The van der Waals surface area contributed by atoms with E-state index in [-0.39, 0.29) is 11.6 Å². The number of halogens is 2. The van der Waals surface area contributed by atoms with Gasteiger partial charge < -0.3 is 0 Å². The number of thiazole rings is 1. The predicted octanol–water partition coefficient (Wildman–Crippen LogP) is 5.63. The van der Waals surface area contributed by atoms with Crippen molar-refractivity contribution in [2.24, 2.45) is 4.99 Å². The summed E-state index contributed by atoms with van der Waals surface area (Å²) in [5.41, 5.74) is 6.47. The molecule has 0 radical (unpaired) electrons. The standard InChI is InChI=1S/C27H18Cl2N2OS/c28-19-12-10-18(22(29)15-19)14-23-26(32)31-25(17-7-2-1-3-8-17)21-13-11-16-6-4-5-9-20(16)24(21)30-27(31)33-23/h1-10,12,14-15,25H,11,13H2/b23-14-/t25-/m0/s1. The second-order valence-electron chi connectivity index (χ2n) is 8.19. The van der Waals surface area contributed by atoms with E-state index in [1.54, 1.807) is 12.1 Å². The first-order valence-corrected chi connectivity index (χ1v) is 12.3. The average Bonchev–Trinajstić information content (AvgIpc) is 3.14. The van der Waals surface area contributed by atoms with Crippen molar-refractivity contribution in [2.45, 2.75) is 18.9 Å². The Kier molecular flexibility index (Phi) is 5.10.